The van der Waals surface area contributed by atoms with Crippen LogP contribution in [0, 0.1) is 0 Å². The number of hydrogen-bond acceptors (Lipinski definition) is 7. The number of aromatic nitrogens is 1. The Morgan fingerprint density at radius 1 is 1.16 bits per heavy atom. The quantitative estimate of drug-likeness (QED) is 0.338. The number of amides is 4. The maximum absolute atomic E-state index is 13.2. The van der Waals surface area contributed by atoms with Crippen molar-refractivity contribution in [3.8, 4) is 0 Å². The Bertz CT molecular complexity index is 1110. The van der Waals surface area contributed by atoms with E-state index in [0.717, 1.165) is 18.0 Å². The van der Waals surface area contributed by atoms with E-state index < -0.39 is 29.6 Å². The molecule has 2 aromatic rings. The second-order valence-corrected chi connectivity index (χ2v) is 9.26. The smallest absolute Gasteiger partial charge is 0.446 e. The summed E-state index contributed by atoms with van der Waals surface area (Å²) in [6, 6.07) is 5.16. The molecule has 0 radical (unpaired) electrons. The van der Waals surface area contributed by atoms with Crippen molar-refractivity contribution < 1.29 is 32.3 Å². The molecule has 4 amide bonds. The number of rotatable bonds is 10. The van der Waals surface area contributed by atoms with Crippen LogP contribution in [0.1, 0.15) is 26.3 Å². The number of imide groups is 1. The van der Waals surface area contributed by atoms with Crippen molar-refractivity contribution in [2.75, 3.05) is 36.5 Å². The van der Waals surface area contributed by atoms with Gasteiger partial charge in [0, 0.05) is 17.6 Å². The number of carbonyl (C=O) groups excluding carboxylic acids is 3. The summed E-state index contributed by atoms with van der Waals surface area (Å²) in [6.07, 6.45) is 2.24. The van der Waals surface area contributed by atoms with Crippen LogP contribution in [-0.4, -0.2) is 70.6 Å². The van der Waals surface area contributed by atoms with Crippen molar-refractivity contribution >= 4 is 41.2 Å². The van der Waals surface area contributed by atoms with Crippen molar-refractivity contribution in [3.63, 3.8) is 0 Å². The van der Waals surface area contributed by atoms with E-state index in [1.165, 1.54) is 41.6 Å². The predicted octanol–water partition coefficient (Wildman–Crippen LogP) is 4.94. The number of urea groups is 1. The molecule has 2 heterocycles. The number of pyridine rings is 1. The molecule has 1 saturated heterocycles. The van der Waals surface area contributed by atoms with E-state index >= 15 is 0 Å². The van der Waals surface area contributed by atoms with Crippen LogP contribution in [0.4, 0.5) is 34.1 Å². The maximum Gasteiger partial charge on any atom is 0.446 e. The number of alkyl halides is 3. The number of nitrogens with one attached hydrogen (secondary N) is 1. The average Bonchev–Trinajstić information content (AvgIpc) is 3.05. The lowest BCUT2D eigenvalue weighted by molar-refractivity contribution is -0.119. The first kappa shape index (κ1) is 28.3. The Balaban J connectivity index is 1.69. The highest BCUT2D eigenvalue weighted by atomic mass is 32.2. The molecule has 0 spiro atoms. The number of halogens is 3. The number of ether oxygens (including phenoxy) is 1. The normalized spacial score (nSPS) is 16.0. The van der Waals surface area contributed by atoms with Gasteiger partial charge in [-0.25, -0.2) is 14.5 Å². The van der Waals surface area contributed by atoms with Gasteiger partial charge in [0.05, 0.1) is 24.1 Å². The molecule has 200 valence electrons. The Morgan fingerprint density at radius 2 is 1.84 bits per heavy atom. The van der Waals surface area contributed by atoms with Crippen LogP contribution < -0.4 is 10.2 Å². The van der Waals surface area contributed by atoms with Gasteiger partial charge < -0.3 is 14.5 Å². The summed E-state index contributed by atoms with van der Waals surface area (Å²) < 4.78 is 43.1. The summed E-state index contributed by atoms with van der Waals surface area (Å²) in [7, 11) is 0. The maximum atomic E-state index is 13.2. The predicted molar refractivity (Wildman–Crippen MR) is 133 cm³/mol. The lowest BCUT2D eigenvalue weighted by Gasteiger charge is -2.21. The number of hydrogen-bond donors (Lipinski definition) is 1. The van der Waals surface area contributed by atoms with Gasteiger partial charge in [0.2, 0.25) is 0 Å². The number of carbonyl (C=O) groups is 3. The summed E-state index contributed by atoms with van der Waals surface area (Å²) >= 11 is -0.281. The molecular weight excluding hydrogens is 511 g/mol. The van der Waals surface area contributed by atoms with E-state index in [-0.39, 0.29) is 35.5 Å². The number of nitrogens with zero attached hydrogens (tertiary/aromatic N) is 4. The fourth-order valence-electron chi connectivity index (χ4n) is 3.76. The fraction of sp³-hybridized carbons (Fsp3) is 0.417. The molecule has 13 heteroatoms. The highest BCUT2D eigenvalue weighted by molar-refractivity contribution is 8.00. The highest BCUT2D eigenvalue weighted by Gasteiger charge is 2.43. The SMILES string of the molecule is CCN(CC)CCOC(=O)Nc1cnccc1CN1C(=O)N(c2ccc(SC(F)(F)F)cc2)C(=O)C1C. The van der Waals surface area contributed by atoms with Crippen LogP contribution in [0.3, 0.4) is 0 Å². The monoisotopic (exact) mass is 539 g/mol. The molecule has 1 aromatic carbocycles. The van der Waals surface area contributed by atoms with Crippen LogP contribution in [0.5, 0.6) is 0 Å². The van der Waals surface area contributed by atoms with Crippen LogP contribution in [0.2, 0.25) is 0 Å². The van der Waals surface area contributed by atoms with Crippen molar-refractivity contribution in [2.45, 2.75) is 43.8 Å². The third-order valence-corrected chi connectivity index (χ3v) is 6.57. The summed E-state index contributed by atoms with van der Waals surface area (Å²) in [5.41, 5.74) is -3.42. The third kappa shape index (κ3) is 7.35. The van der Waals surface area contributed by atoms with E-state index in [1.54, 1.807) is 13.0 Å². The largest absolute Gasteiger partial charge is 0.448 e. The molecule has 0 bridgehead atoms. The minimum absolute atomic E-state index is 0.0121. The first-order valence-corrected chi connectivity index (χ1v) is 12.4. The van der Waals surface area contributed by atoms with Gasteiger partial charge in [-0.1, -0.05) is 13.8 Å². The molecule has 0 aliphatic carbocycles. The Hall–Kier alpha value is -3.32. The molecule has 3 rings (SSSR count). The highest BCUT2D eigenvalue weighted by Crippen LogP contribution is 2.38. The molecule has 37 heavy (non-hydrogen) atoms. The van der Waals surface area contributed by atoms with E-state index in [2.05, 4.69) is 15.2 Å². The lowest BCUT2D eigenvalue weighted by atomic mass is 10.2. The van der Waals surface area contributed by atoms with Crippen molar-refractivity contribution in [1.29, 1.82) is 0 Å². The number of benzene rings is 1. The minimum atomic E-state index is -4.44. The molecule has 1 aromatic heterocycles. The van der Waals surface area contributed by atoms with Gasteiger partial charge >= 0.3 is 17.6 Å². The first-order chi connectivity index (χ1) is 17.5. The Morgan fingerprint density at radius 3 is 2.46 bits per heavy atom. The molecule has 1 N–H and O–H groups in total. The molecular formula is C24H28F3N5O4S. The third-order valence-electron chi connectivity index (χ3n) is 5.83. The second kappa shape index (κ2) is 12.3. The molecule has 1 aliphatic rings. The van der Waals surface area contributed by atoms with E-state index in [4.69, 9.17) is 4.74 Å². The van der Waals surface area contributed by atoms with Crippen molar-refractivity contribution in [2.24, 2.45) is 0 Å². The van der Waals surface area contributed by atoms with E-state index in [0.29, 0.717) is 17.8 Å². The summed E-state index contributed by atoms with van der Waals surface area (Å²) in [6.45, 7) is 8.04. The number of likely N-dealkylation sites (N-methyl/N-ethyl adjacent to an activating group) is 1. The van der Waals surface area contributed by atoms with Crippen LogP contribution in [0.25, 0.3) is 0 Å². The molecule has 9 nitrogen and oxygen atoms in total. The average molecular weight is 540 g/mol. The molecule has 1 fully saturated rings. The van der Waals surface area contributed by atoms with Crippen LogP contribution in [-0.2, 0) is 16.1 Å². The van der Waals surface area contributed by atoms with Gasteiger partial charge in [-0.2, -0.15) is 13.2 Å². The molecule has 1 atom stereocenters. The number of anilines is 2. The van der Waals surface area contributed by atoms with E-state index in [9.17, 15) is 27.6 Å². The molecule has 1 unspecified atom stereocenters. The molecule has 0 saturated carbocycles. The van der Waals surface area contributed by atoms with Gasteiger partial charge in [-0.15, -0.1) is 0 Å². The molecule has 1 aliphatic heterocycles. The van der Waals surface area contributed by atoms with Gasteiger partial charge in [-0.05, 0) is 67.7 Å². The van der Waals surface area contributed by atoms with Crippen molar-refractivity contribution in [1.82, 2.24) is 14.8 Å². The topological polar surface area (TPSA) is 95.1 Å². The zero-order valence-corrected chi connectivity index (χ0v) is 21.4. The Kier molecular flexibility index (Phi) is 9.38. The summed E-state index contributed by atoms with van der Waals surface area (Å²) in [5, 5.41) is 2.63. The number of thioether (sulfide) groups is 1. The van der Waals surface area contributed by atoms with Crippen molar-refractivity contribution in [3.05, 3.63) is 48.3 Å². The zero-order chi connectivity index (χ0) is 27.2. The Labute approximate surface area is 216 Å². The van der Waals surface area contributed by atoms with Gasteiger partial charge in [0.1, 0.15) is 12.6 Å². The minimum Gasteiger partial charge on any atom is -0.448 e. The standard InChI is InChI=1S/C24H28F3N5O4S/c1-4-30(5-2)12-13-36-22(34)29-20-14-28-11-10-17(20)15-31-16(3)21(33)32(23(31)35)18-6-8-19(9-7-18)37-24(25,26)27/h6-11,14,16H,4-5,12-13,15H2,1-3H3,(H,29,34). The van der Waals surface area contributed by atoms with Gasteiger partial charge in [0.25, 0.3) is 5.91 Å². The summed E-state index contributed by atoms with van der Waals surface area (Å²) in [4.78, 5) is 46.6. The first-order valence-electron chi connectivity index (χ1n) is 11.6. The van der Waals surface area contributed by atoms with E-state index in [1.807, 2.05) is 13.8 Å². The lowest BCUT2D eigenvalue weighted by Crippen LogP contribution is -2.34. The zero-order valence-electron chi connectivity index (χ0n) is 20.6. The van der Waals surface area contributed by atoms with Crippen LogP contribution >= 0.6 is 11.8 Å². The van der Waals surface area contributed by atoms with Gasteiger partial charge in [0.15, 0.2) is 0 Å². The second-order valence-electron chi connectivity index (χ2n) is 8.12. The summed E-state index contributed by atoms with van der Waals surface area (Å²) in [5.74, 6) is -0.513. The van der Waals surface area contributed by atoms with Gasteiger partial charge in [-0.3, -0.25) is 15.1 Å². The fourth-order valence-corrected chi connectivity index (χ4v) is 4.30. The van der Waals surface area contributed by atoms with Crippen LogP contribution in [0.15, 0.2) is 47.6 Å².